The molecule has 0 aliphatic heterocycles. The van der Waals surface area contributed by atoms with Crippen LogP contribution in [-0.2, 0) is 0 Å². The Kier molecular flexibility index (Phi) is 5.98. The van der Waals surface area contributed by atoms with Gasteiger partial charge in [0.1, 0.15) is 11.5 Å². The lowest BCUT2D eigenvalue weighted by Crippen LogP contribution is -2.29. The van der Waals surface area contributed by atoms with Crippen molar-refractivity contribution >= 4 is 21.8 Å². The fraction of sp³-hybridized carbons (Fsp3) is 0.462. The number of hydrogen-bond acceptors (Lipinski definition) is 3. The molecular formula is C13H18BrNO3. The van der Waals surface area contributed by atoms with Gasteiger partial charge in [0, 0.05) is 17.9 Å². The van der Waals surface area contributed by atoms with Crippen molar-refractivity contribution in [3.63, 3.8) is 0 Å². The summed E-state index contributed by atoms with van der Waals surface area (Å²) in [6.07, 6.45) is 1.99. The van der Waals surface area contributed by atoms with Crippen LogP contribution in [0.2, 0.25) is 0 Å². The Hall–Kier alpha value is -1.23. The van der Waals surface area contributed by atoms with Crippen molar-refractivity contribution in [1.82, 2.24) is 5.32 Å². The van der Waals surface area contributed by atoms with Crippen LogP contribution in [0.25, 0.3) is 0 Å². The Morgan fingerprint density at radius 2 is 2.17 bits per heavy atom. The predicted octanol–water partition coefficient (Wildman–Crippen LogP) is 2.64. The van der Waals surface area contributed by atoms with E-state index in [1.54, 1.807) is 0 Å². The quantitative estimate of drug-likeness (QED) is 0.707. The summed E-state index contributed by atoms with van der Waals surface area (Å²) in [5.74, 6) is -0.163. The maximum atomic E-state index is 11.8. The highest BCUT2D eigenvalue weighted by molar-refractivity contribution is 9.09. The number of aromatic hydroxyl groups is 2. The maximum absolute atomic E-state index is 11.8. The largest absolute Gasteiger partial charge is 0.508 e. The van der Waals surface area contributed by atoms with Crippen molar-refractivity contribution < 1.29 is 15.0 Å². The van der Waals surface area contributed by atoms with Crippen LogP contribution >= 0.6 is 15.9 Å². The molecule has 0 aliphatic carbocycles. The van der Waals surface area contributed by atoms with Gasteiger partial charge in [-0.15, -0.1) is 0 Å². The highest BCUT2D eigenvalue weighted by Crippen LogP contribution is 2.22. The molecular weight excluding hydrogens is 298 g/mol. The van der Waals surface area contributed by atoms with Crippen molar-refractivity contribution in [1.29, 1.82) is 0 Å². The van der Waals surface area contributed by atoms with Gasteiger partial charge in [0.2, 0.25) is 0 Å². The summed E-state index contributed by atoms with van der Waals surface area (Å²) < 4.78 is 0. The molecule has 1 rings (SSSR count). The van der Waals surface area contributed by atoms with Gasteiger partial charge in [-0.2, -0.15) is 0 Å². The molecule has 1 aromatic carbocycles. The van der Waals surface area contributed by atoms with Gasteiger partial charge in [0.15, 0.2) is 0 Å². The first-order chi connectivity index (χ1) is 8.58. The fourth-order valence-corrected chi connectivity index (χ4v) is 2.30. The van der Waals surface area contributed by atoms with Gasteiger partial charge in [-0.3, -0.25) is 4.79 Å². The monoisotopic (exact) mass is 315 g/mol. The number of carbonyl (C=O) groups is 1. The summed E-state index contributed by atoms with van der Waals surface area (Å²) in [6, 6.07) is 3.94. The minimum Gasteiger partial charge on any atom is -0.508 e. The molecule has 3 N–H and O–H groups in total. The molecule has 1 unspecified atom stereocenters. The zero-order valence-corrected chi connectivity index (χ0v) is 11.9. The van der Waals surface area contributed by atoms with Crippen LogP contribution in [0.1, 0.15) is 30.1 Å². The third-order valence-corrected chi connectivity index (χ3v) is 3.33. The minimum atomic E-state index is -0.319. The van der Waals surface area contributed by atoms with E-state index in [1.807, 2.05) is 0 Å². The number of halogens is 1. The topological polar surface area (TPSA) is 69.6 Å². The first-order valence-corrected chi connectivity index (χ1v) is 7.06. The van der Waals surface area contributed by atoms with Crippen LogP contribution < -0.4 is 5.32 Å². The van der Waals surface area contributed by atoms with Gasteiger partial charge in [0.05, 0.1) is 5.56 Å². The number of carbonyl (C=O) groups excluding carboxylic acids is 1. The van der Waals surface area contributed by atoms with E-state index >= 15 is 0 Å². The minimum absolute atomic E-state index is 0.0604. The van der Waals surface area contributed by atoms with E-state index in [4.69, 9.17) is 5.11 Å². The van der Waals surface area contributed by atoms with Crippen LogP contribution in [-0.4, -0.2) is 28.0 Å². The number of nitrogens with one attached hydrogen (secondary N) is 1. The summed E-state index contributed by atoms with van der Waals surface area (Å²) in [5, 5.41) is 22.4. The average Bonchev–Trinajstić information content (AvgIpc) is 2.34. The molecule has 0 aromatic heterocycles. The highest BCUT2D eigenvalue weighted by Gasteiger charge is 2.13. The summed E-state index contributed by atoms with van der Waals surface area (Å²) >= 11 is 3.38. The normalized spacial score (nSPS) is 12.1. The van der Waals surface area contributed by atoms with E-state index in [0.717, 1.165) is 24.2 Å². The van der Waals surface area contributed by atoms with Gasteiger partial charge in [-0.25, -0.2) is 0 Å². The van der Waals surface area contributed by atoms with Crippen LogP contribution in [0.3, 0.4) is 0 Å². The lowest BCUT2D eigenvalue weighted by atomic mass is 10.0. The Labute approximate surface area is 115 Å². The summed E-state index contributed by atoms with van der Waals surface area (Å²) in [5.41, 5.74) is 0.182. The molecule has 100 valence electrons. The van der Waals surface area contributed by atoms with E-state index < -0.39 is 0 Å². The number of amides is 1. The molecule has 0 saturated carbocycles. The van der Waals surface area contributed by atoms with Gasteiger partial charge in [0.25, 0.3) is 5.91 Å². The van der Waals surface area contributed by atoms with Crippen molar-refractivity contribution in [2.75, 3.05) is 11.9 Å². The van der Waals surface area contributed by atoms with Crippen LogP contribution in [0.15, 0.2) is 18.2 Å². The van der Waals surface area contributed by atoms with E-state index in [0.29, 0.717) is 12.5 Å². The third-order valence-electron chi connectivity index (χ3n) is 2.87. The summed E-state index contributed by atoms with van der Waals surface area (Å²) in [6.45, 7) is 2.67. The molecule has 1 atom stereocenters. The second kappa shape index (κ2) is 7.26. The summed E-state index contributed by atoms with van der Waals surface area (Å²) in [4.78, 5) is 11.8. The molecule has 0 heterocycles. The fourth-order valence-electron chi connectivity index (χ4n) is 1.65. The van der Waals surface area contributed by atoms with Crippen LogP contribution in [0, 0.1) is 5.92 Å². The number of alkyl halides is 1. The Morgan fingerprint density at radius 3 is 2.72 bits per heavy atom. The number of benzene rings is 1. The zero-order valence-electron chi connectivity index (χ0n) is 10.3. The molecule has 1 aromatic rings. The van der Waals surface area contributed by atoms with Crippen molar-refractivity contribution in [3.8, 4) is 11.5 Å². The molecule has 0 spiro atoms. The van der Waals surface area contributed by atoms with Gasteiger partial charge in [-0.05, 0) is 24.5 Å². The predicted molar refractivity (Wildman–Crippen MR) is 74.3 cm³/mol. The Morgan fingerprint density at radius 1 is 1.44 bits per heavy atom. The summed E-state index contributed by atoms with van der Waals surface area (Å²) in [7, 11) is 0. The molecule has 0 radical (unpaired) electrons. The molecule has 0 fully saturated rings. The van der Waals surface area contributed by atoms with E-state index in [9.17, 15) is 9.90 Å². The van der Waals surface area contributed by atoms with Crippen LogP contribution in [0.4, 0.5) is 0 Å². The van der Waals surface area contributed by atoms with Crippen LogP contribution in [0.5, 0.6) is 11.5 Å². The lowest BCUT2D eigenvalue weighted by molar-refractivity contribution is 0.0944. The first-order valence-electron chi connectivity index (χ1n) is 5.94. The number of phenols is 2. The number of hydrogen-bond donors (Lipinski definition) is 3. The Bertz CT molecular complexity index is 409. The first kappa shape index (κ1) is 14.8. The van der Waals surface area contributed by atoms with Crippen molar-refractivity contribution in [3.05, 3.63) is 23.8 Å². The molecule has 4 nitrogen and oxygen atoms in total. The van der Waals surface area contributed by atoms with Crippen molar-refractivity contribution in [2.24, 2.45) is 5.92 Å². The standard InChI is InChI=1S/C13H18BrNO3/c1-2-9(5-6-14)8-15-13(18)11-4-3-10(16)7-12(11)17/h3-4,7,9,16-17H,2,5-6,8H2,1H3,(H,15,18). The lowest BCUT2D eigenvalue weighted by Gasteiger charge is -2.14. The molecule has 0 bridgehead atoms. The zero-order chi connectivity index (χ0) is 13.5. The molecule has 0 saturated heterocycles. The maximum Gasteiger partial charge on any atom is 0.255 e. The Balaban J connectivity index is 2.59. The second-order valence-corrected chi connectivity index (χ2v) is 4.96. The number of phenolic OH excluding ortho intramolecular Hbond substituents is 2. The third kappa shape index (κ3) is 4.22. The van der Waals surface area contributed by atoms with Crippen molar-refractivity contribution in [2.45, 2.75) is 19.8 Å². The second-order valence-electron chi connectivity index (χ2n) is 4.16. The van der Waals surface area contributed by atoms with E-state index in [-0.39, 0.29) is 23.0 Å². The van der Waals surface area contributed by atoms with Gasteiger partial charge >= 0.3 is 0 Å². The SMILES string of the molecule is CCC(CCBr)CNC(=O)c1ccc(O)cc1O. The highest BCUT2D eigenvalue weighted by atomic mass is 79.9. The van der Waals surface area contributed by atoms with Gasteiger partial charge in [-0.1, -0.05) is 29.3 Å². The molecule has 0 aliphatic rings. The molecule has 1 amide bonds. The van der Waals surface area contributed by atoms with E-state index in [2.05, 4.69) is 28.2 Å². The molecule has 18 heavy (non-hydrogen) atoms. The van der Waals surface area contributed by atoms with Gasteiger partial charge < -0.3 is 15.5 Å². The smallest absolute Gasteiger partial charge is 0.255 e. The average molecular weight is 316 g/mol. The number of rotatable bonds is 6. The molecule has 5 heteroatoms. The van der Waals surface area contributed by atoms with E-state index in [1.165, 1.54) is 12.1 Å².